The van der Waals surface area contributed by atoms with Crippen molar-refractivity contribution in [3.63, 3.8) is 0 Å². The summed E-state index contributed by atoms with van der Waals surface area (Å²) in [5, 5.41) is 11.0. The van der Waals surface area contributed by atoms with Crippen LogP contribution in [0.3, 0.4) is 0 Å². The molecule has 2 aromatic carbocycles. The molecule has 1 amide bonds. The molecule has 2 heterocycles. The smallest absolute Gasteiger partial charge is 0.274 e. The molecule has 0 spiro atoms. The summed E-state index contributed by atoms with van der Waals surface area (Å²) < 4.78 is 25.8. The molecule has 1 aromatic heterocycles. The first-order chi connectivity index (χ1) is 13.6. The number of nitrogens with zero attached hydrogens (tertiary/aromatic N) is 3. The normalized spacial score (nSPS) is 15.7. The minimum absolute atomic E-state index is 0.205. The van der Waals surface area contributed by atoms with Gasteiger partial charge >= 0.3 is 0 Å². The molecule has 3 aromatic rings. The Morgan fingerprint density at radius 2 is 2.14 bits per heavy atom. The van der Waals surface area contributed by atoms with Crippen LogP contribution in [0.2, 0.25) is 0 Å². The van der Waals surface area contributed by atoms with Crippen LogP contribution in [0.1, 0.15) is 33.4 Å². The summed E-state index contributed by atoms with van der Waals surface area (Å²) in [5.41, 5.74) is 2.65. The van der Waals surface area contributed by atoms with Crippen LogP contribution >= 0.6 is 0 Å². The van der Waals surface area contributed by atoms with Gasteiger partial charge in [0.25, 0.3) is 5.91 Å². The Hall–Kier alpha value is -3.26. The van der Waals surface area contributed by atoms with Crippen LogP contribution in [0, 0.1) is 5.82 Å². The lowest BCUT2D eigenvalue weighted by atomic mass is 10.1. The number of aromatic nitrogens is 3. The fraction of sp³-hybridized carbons (Fsp3) is 0.250. The monoisotopic (exact) mass is 382 g/mol. The van der Waals surface area contributed by atoms with Crippen molar-refractivity contribution in [2.45, 2.75) is 25.8 Å². The molecular formula is C20H19FN4O3. The molecule has 0 saturated carbocycles. The molecule has 144 valence electrons. The summed E-state index contributed by atoms with van der Waals surface area (Å²) in [6, 6.07) is 13.6. The third kappa shape index (κ3) is 3.72. The third-order valence-electron chi connectivity index (χ3n) is 4.64. The van der Waals surface area contributed by atoms with E-state index in [1.54, 1.807) is 23.9 Å². The number of amides is 1. The summed E-state index contributed by atoms with van der Waals surface area (Å²) in [6.07, 6.45) is -0.262. The minimum Gasteiger partial charge on any atom is -0.497 e. The van der Waals surface area contributed by atoms with E-state index in [0.717, 1.165) is 16.9 Å². The van der Waals surface area contributed by atoms with Crippen molar-refractivity contribution in [2.75, 3.05) is 7.11 Å². The summed E-state index contributed by atoms with van der Waals surface area (Å²) in [7, 11) is 1.60. The van der Waals surface area contributed by atoms with Gasteiger partial charge in [-0.2, -0.15) is 0 Å². The molecule has 1 atom stereocenters. The van der Waals surface area contributed by atoms with Crippen LogP contribution in [0.15, 0.2) is 48.5 Å². The molecule has 0 saturated heterocycles. The van der Waals surface area contributed by atoms with Crippen LogP contribution in [0.25, 0.3) is 0 Å². The van der Waals surface area contributed by atoms with Crippen molar-refractivity contribution in [3.05, 3.63) is 76.9 Å². The Balaban J connectivity index is 1.43. The maximum Gasteiger partial charge on any atom is 0.274 e. The summed E-state index contributed by atoms with van der Waals surface area (Å²) in [6.45, 7) is 0.968. The Kier molecular flexibility index (Phi) is 5.03. The number of methoxy groups -OCH3 is 1. The fourth-order valence-electron chi connectivity index (χ4n) is 3.12. The number of rotatable bonds is 5. The van der Waals surface area contributed by atoms with Gasteiger partial charge in [0.15, 0.2) is 5.69 Å². The lowest BCUT2D eigenvalue weighted by molar-refractivity contribution is -0.00180. The van der Waals surface area contributed by atoms with Gasteiger partial charge in [0, 0.05) is 6.54 Å². The first kappa shape index (κ1) is 18.1. The highest BCUT2D eigenvalue weighted by atomic mass is 19.1. The number of carbonyl (C=O) groups is 1. The van der Waals surface area contributed by atoms with E-state index in [4.69, 9.17) is 9.47 Å². The average molecular weight is 382 g/mol. The summed E-state index contributed by atoms with van der Waals surface area (Å²) >= 11 is 0. The second kappa shape index (κ2) is 7.77. The van der Waals surface area contributed by atoms with Crippen molar-refractivity contribution >= 4 is 5.91 Å². The van der Waals surface area contributed by atoms with Crippen molar-refractivity contribution in [2.24, 2.45) is 0 Å². The van der Waals surface area contributed by atoms with Gasteiger partial charge in [-0.05, 0) is 35.4 Å². The first-order valence-electron chi connectivity index (χ1n) is 8.84. The van der Waals surface area contributed by atoms with Gasteiger partial charge in [-0.15, -0.1) is 5.10 Å². The molecule has 28 heavy (non-hydrogen) atoms. The highest BCUT2D eigenvalue weighted by Gasteiger charge is 2.27. The van der Waals surface area contributed by atoms with Gasteiger partial charge in [-0.25, -0.2) is 9.07 Å². The molecule has 1 aliphatic rings. The predicted octanol–water partition coefficient (Wildman–Crippen LogP) is 2.63. The van der Waals surface area contributed by atoms with E-state index in [2.05, 4.69) is 15.6 Å². The first-order valence-corrected chi connectivity index (χ1v) is 8.84. The van der Waals surface area contributed by atoms with Crippen LogP contribution in [-0.4, -0.2) is 28.0 Å². The summed E-state index contributed by atoms with van der Waals surface area (Å²) in [4.78, 5) is 12.5. The highest BCUT2D eigenvalue weighted by molar-refractivity contribution is 5.93. The maximum atomic E-state index is 13.1. The van der Waals surface area contributed by atoms with Gasteiger partial charge < -0.3 is 14.8 Å². The zero-order valence-corrected chi connectivity index (χ0v) is 15.3. The molecule has 0 aliphatic carbocycles. The summed E-state index contributed by atoms with van der Waals surface area (Å²) in [5.74, 6) is 0.122. The zero-order chi connectivity index (χ0) is 19.5. The minimum atomic E-state index is -0.312. The molecule has 0 bridgehead atoms. The lowest BCUT2D eigenvalue weighted by Gasteiger charge is -2.24. The Morgan fingerprint density at radius 3 is 2.93 bits per heavy atom. The van der Waals surface area contributed by atoms with Crippen molar-refractivity contribution in [1.82, 2.24) is 20.3 Å². The SMILES string of the molecule is COc1cccc(CNC(=O)c2nnn3c2CO[C@H](c2ccc(F)cc2)C3)c1. The highest BCUT2D eigenvalue weighted by Crippen LogP contribution is 2.27. The Labute approximate surface area is 161 Å². The number of nitrogens with one attached hydrogen (secondary N) is 1. The molecule has 0 radical (unpaired) electrons. The molecule has 8 heteroatoms. The van der Waals surface area contributed by atoms with E-state index in [0.29, 0.717) is 18.8 Å². The van der Waals surface area contributed by atoms with E-state index >= 15 is 0 Å². The number of hydrogen-bond donors (Lipinski definition) is 1. The van der Waals surface area contributed by atoms with Gasteiger partial charge in [0.2, 0.25) is 0 Å². The molecule has 7 nitrogen and oxygen atoms in total. The van der Waals surface area contributed by atoms with E-state index < -0.39 is 0 Å². The predicted molar refractivity (Wildman–Crippen MR) is 98.1 cm³/mol. The standard InChI is InChI=1S/C20H19FN4O3/c1-27-16-4-2-3-13(9-16)10-22-20(26)19-17-12-28-18(11-25(17)24-23-19)14-5-7-15(21)8-6-14/h2-9,18H,10-12H2,1H3,(H,22,26)/t18-/m0/s1. The number of carbonyl (C=O) groups excluding carboxylic acids is 1. The molecule has 0 unspecified atom stereocenters. The third-order valence-corrected chi connectivity index (χ3v) is 4.64. The quantitative estimate of drug-likeness (QED) is 0.734. The molecule has 4 rings (SSSR count). The van der Waals surface area contributed by atoms with Gasteiger partial charge in [0.1, 0.15) is 17.7 Å². The van der Waals surface area contributed by atoms with Gasteiger partial charge in [-0.1, -0.05) is 29.5 Å². The maximum absolute atomic E-state index is 13.1. The van der Waals surface area contributed by atoms with Crippen molar-refractivity contribution in [1.29, 1.82) is 0 Å². The van der Waals surface area contributed by atoms with Gasteiger partial charge in [-0.3, -0.25) is 4.79 Å². The molecule has 1 aliphatic heterocycles. The molecule has 1 N–H and O–H groups in total. The number of benzene rings is 2. The topological polar surface area (TPSA) is 78.3 Å². The van der Waals surface area contributed by atoms with E-state index in [9.17, 15) is 9.18 Å². The second-order valence-corrected chi connectivity index (χ2v) is 6.45. The lowest BCUT2D eigenvalue weighted by Crippen LogP contribution is -2.27. The average Bonchev–Trinajstić information content (AvgIpc) is 3.16. The van der Waals surface area contributed by atoms with Crippen LogP contribution in [-0.2, 0) is 24.4 Å². The van der Waals surface area contributed by atoms with Crippen molar-refractivity contribution < 1.29 is 18.7 Å². The Morgan fingerprint density at radius 1 is 1.32 bits per heavy atom. The largest absolute Gasteiger partial charge is 0.497 e. The van der Waals surface area contributed by atoms with E-state index in [1.807, 2.05) is 24.3 Å². The van der Waals surface area contributed by atoms with Crippen molar-refractivity contribution in [3.8, 4) is 5.75 Å². The van der Waals surface area contributed by atoms with Crippen LogP contribution in [0.5, 0.6) is 5.75 Å². The van der Waals surface area contributed by atoms with Crippen LogP contribution in [0.4, 0.5) is 4.39 Å². The number of ether oxygens (including phenoxy) is 2. The van der Waals surface area contributed by atoms with Gasteiger partial charge in [0.05, 0.1) is 26.0 Å². The molecular weight excluding hydrogens is 363 g/mol. The number of halogens is 1. The second-order valence-electron chi connectivity index (χ2n) is 6.45. The Bertz CT molecular complexity index is 987. The van der Waals surface area contributed by atoms with Crippen LogP contribution < -0.4 is 10.1 Å². The zero-order valence-electron chi connectivity index (χ0n) is 15.3. The fourth-order valence-corrected chi connectivity index (χ4v) is 3.12. The number of hydrogen-bond acceptors (Lipinski definition) is 5. The number of fused-ring (bicyclic) bond motifs is 1. The molecule has 0 fully saturated rings. The van der Waals surface area contributed by atoms with E-state index in [-0.39, 0.29) is 30.1 Å². The van der Waals surface area contributed by atoms with E-state index in [1.165, 1.54) is 12.1 Å².